The molecule has 0 spiro atoms. The molecule has 0 fully saturated rings. The summed E-state index contributed by atoms with van der Waals surface area (Å²) >= 11 is 0. The lowest BCUT2D eigenvalue weighted by atomic mass is 10.1. The molecule has 7 heteroatoms. The van der Waals surface area contributed by atoms with Crippen molar-refractivity contribution in [3.8, 4) is 0 Å². The zero-order valence-corrected chi connectivity index (χ0v) is 9.43. The molecule has 0 aliphatic carbocycles. The molecule has 1 aromatic carbocycles. The van der Waals surface area contributed by atoms with Gasteiger partial charge >= 0.3 is 5.97 Å². The van der Waals surface area contributed by atoms with Crippen LogP contribution in [0.3, 0.4) is 0 Å². The summed E-state index contributed by atoms with van der Waals surface area (Å²) in [5.41, 5.74) is -0.567. The topological polar surface area (TPSA) is 83.5 Å². The number of carbonyl (C=O) groups is 1. The number of hydrogen-bond donors (Lipinski definition) is 2. The number of hydrogen-bond acceptors (Lipinski definition) is 3. The van der Waals surface area contributed by atoms with E-state index in [1.807, 2.05) is 4.72 Å². The van der Waals surface area contributed by atoms with Gasteiger partial charge in [-0.1, -0.05) is 0 Å². The number of halogens is 1. The molecular weight excluding hydrogens is 237 g/mol. The molecule has 0 aliphatic rings. The highest BCUT2D eigenvalue weighted by molar-refractivity contribution is 7.92. The summed E-state index contributed by atoms with van der Waals surface area (Å²) in [7, 11) is -3.59. The Morgan fingerprint density at radius 3 is 2.44 bits per heavy atom. The molecule has 0 atom stereocenters. The van der Waals surface area contributed by atoms with Crippen LogP contribution in [0.4, 0.5) is 10.1 Å². The highest BCUT2D eigenvalue weighted by atomic mass is 32.2. The van der Waals surface area contributed by atoms with E-state index in [0.29, 0.717) is 0 Å². The average molecular weight is 247 g/mol. The fourth-order valence-corrected chi connectivity index (χ4v) is 1.75. The van der Waals surface area contributed by atoms with Gasteiger partial charge in [-0.15, -0.1) is 0 Å². The molecule has 0 aliphatic heterocycles. The summed E-state index contributed by atoms with van der Waals surface area (Å²) in [5, 5.41) is 8.71. The Hall–Kier alpha value is -1.63. The fraction of sp³-hybridized carbons (Fsp3) is 0.222. The maximum atomic E-state index is 13.6. The Balaban J connectivity index is 3.28. The SMILES string of the molecule is Cc1c(C(=O)O)ccc(NS(C)(=O)=O)c1F. The van der Waals surface area contributed by atoms with Crippen molar-refractivity contribution < 1.29 is 22.7 Å². The molecular formula is C9H10FNO4S. The van der Waals surface area contributed by atoms with Gasteiger partial charge in [-0.05, 0) is 19.1 Å². The first-order valence-corrected chi connectivity index (χ1v) is 6.11. The molecule has 0 saturated heterocycles. The lowest BCUT2D eigenvalue weighted by Gasteiger charge is -2.09. The fourth-order valence-electron chi connectivity index (χ4n) is 1.20. The maximum Gasteiger partial charge on any atom is 0.336 e. The van der Waals surface area contributed by atoms with Crippen LogP contribution in [0.25, 0.3) is 0 Å². The number of anilines is 1. The van der Waals surface area contributed by atoms with E-state index in [1.165, 1.54) is 6.92 Å². The first-order chi connectivity index (χ1) is 7.22. The van der Waals surface area contributed by atoms with Crippen LogP contribution < -0.4 is 4.72 Å². The normalized spacial score (nSPS) is 11.2. The number of aromatic carboxylic acids is 1. The Bertz CT molecular complexity index is 539. The van der Waals surface area contributed by atoms with E-state index in [1.54, 1.807) is 0 Å². The minimum atomic E-state index is -3.59. The van der Waals surface area contributed by atoms with E-state index in [4.69, 9.17) is 5.11 Å². The third-order valence-electron chi connectivity index (χ3n) is 1.91. The quantitative estimate of drug-likeness (QED) is 0.840. The molecule has 1 rings (SSSR count). The van der Waals surface area contributed by atoms with Crippen LogP contribution in [0, 0.1) is 12.7 Å². The van der Waals surface area contributed by atoms with Crippen LogP contribution in [0.1, 0.15) is 15.9 Å². The minimum Gasteiger partial charge on any atom is -0.478 e. The van der Waals surface area contributed by atoms with Crippen molar-refractivity contribution >= 4 is 21.7 Å². The van der Waals surface area contributed by atoms with Gasteiger partial charge in [-0.2, -0.15) is 0 Å². The predicted molar refractivity (Wildman–Crippen MR) is 56.6 cm³/mol. The summed E-state index contributed by atoms with van der Waals surface area (Å²) < 4.78 is 37.3. The standard InChI is InChI=1S/C9H10FNO4S/c1-5-6(9(12)13)3-4-7(8(5)10)11-16(2,14)15/h3-4,11H,1-2H3,(H,12,13). The van der Waals surface area contributed by atoms with Gasteiger partial charge in [0.25, 0.3) is 0 Å². The average Bonchev–Trinajstić information content (AvgIpc) is 2.10. The molecule has 5 nitrogen and oxygen atoms in total. The van der Waals surface area contributed by atoms with Crippen LogP contribution >= 0.6 is 0 Å². The molecule has 0 bridgehead atoms. The van der Waals surface area contributed by atoms with Crippen LogP contribution in [0.5, 0.6) is 0 Å². The zero-order valence-electron chi connectivity index (χ0n) is 8.61. The van der Waals surface area contributed by atoms with Crippen molar-refractivity contribution in [2.24, 2.45) is 0 Å². The third-order valence-corrected chi connectivity index (χ3v) is 2.50. The third kappa shape index (κ3) is 2.69. The van der Waals surface area contributed by atoms with Crippen LogP contribution in [0.2, 0.25) is 0 Å². The first kappa shape index (κ1) is 12.4. The second-order valence-corrected chi connectivity index (χ2v) is 5.03. The summed E-state index contributed by atoms with van der Waals surface area (Å²) in [6.07, 6.45) is 0.882. The van der Waals surface area contributed by atoms with Crippen molar-refractivity contribution in [3.63, 3.8) is 0 Å². The molecule has 2 N–H and O–H groups in total. The van der Waals surface area contributed by atoms with Gasteiger partial charge in [0.15, 0.2) is 5.82 Å². The molecule has 0 unspecified atom stereocenters. The number of carboxylic acids is 1. The first-order valence-electron chi connectivity index (χ1n) is 4.22. The molecule has 1 aromatic rings. The minimum absolute atomic E-state index is 0.110. The predicted octanol–water partition coefficient (Wildman–Crippen LogP) is 1.20. The summed E-state index contributed by atoms with van der Waals surface area (Å²) in [6, 6.07) is 2.22. The number of rotatable bonds is 3. The highest BCUT2D eigenvalue weighted by Crippen LogP contribution is 2.21. The molecule has 88 valence electrons. The Morgan fingerprint density at radius 2 is 2.00 bits per heavy atom. The van der Waals surface area contributed by atoms with Crippen molar-refractivity contribution in [2.45, 2.75) is 6.92 Å². The molecule has 16 heavy (non-hydrogen) atoms. The maximum absolute atomic E-state index is 13.6. The lowest BCUT2D eigenvalue weighted by molar-refractivity contribution is 0.0695. The molecule has 0 heterocycles. The van der Waals surface area contributed by atoms with Crippen LogP contribution in [-0.2, 0) is 10.0 Å². The summed E-state index contributed by atoms with van der Waals surface area (Å²) in [4.78, 5) is 10.7. The Morgan fingerprint density at radius 1 is 1.44 bits per heavy atom. The number of benzene rings is 1. The summed E-state index contributed by atoms with van der Waals surface area (Å²) in [6.45, 7) is 1.27. The van der Waals surface area contributed by atoms with Crippen molar-refractivity contribution in [1.29, 1.82) is 0 Å². The van der Waals surface area contributed by atoms with Crippen LogP contribution in [0.15, 0.2) is 12.1 Å². The largest absolute Gasteiger partial charge is 0.478 e. The number of carboxylic acid groups (broad SMARTS) is 1. The van der Waals surface area contributed by atoms with E-state index in [9.17, 15) is 17.6 Å². The second-order valence-electron chi connectivity index (χ2n) is 3.28. The van der Waals surface area contributed by atoms with Gasteiger partial charge in [0.05, 0.1) is 17.5 Å². The van der Waals surface area contributed by atoms with Crippen molar-refractivity contribution in [1.82, 2.24) is 0 Å². The monoisotopic (exact) mass is 247 g/mol. The number of nitrogens with one attached hydrogen (secondary N) is 1. The van der Waals surface area contributed by atoms with Gasteiger partial charge in [0.1, 0.15) is 0 Å². The van der Waals surface area contributed by atoms with Crippen molar-refractivity contribution in [2.75, 3.05) is 11.0 Å². The van der Waals surface area contributed by atoms with Crippen molar-refractivity contribution in [3.05, 3.63) is 29.1 Å². The van der Waals surface area contributed by atoms with E-state index < -0.39 is 21.8 Å². The second kappa shape index (κ2) is 4.09. The zero-order chi connectivity index (χ0) is 12.5. The summed E-state index contributed by atoms with van der Waals surface area (Å²) in [5.74, 6) is -2.15. The molecule has 0 radical (unpaired) electrons. The number of sulfonamides is 1. The van der Waals surface area contributed by atoms with Crippen LogP contribution in [-0.4, -0.2) is 25.7 Å². The molecule has 0 saturated carbocycles. The van der Waals surface area contributed by atoms with E-state index >= 15 is 0 Å². The van der Waals surface area contributed by atoms with E-state index in [-0.39, 0.29) is 16.8 Å². The lowest BCUT2D eigenvalue weighted by Crippen LogP contribution is -2.12. The highest BCUT2D eigenvalue weighted by Gasteiger charge is 2.15. The van der Waals surface area contributed by atoms with Gasteiger partial charge < -0.3 is 5.11 Å². The molecule has 0 amide bonds. The molecule has 0 aromatic heterocycles. The van der Waals surface area contributed by atoms with Gasteiger partial charge in [-0.3, -0.25) is 4.72 Å². The Kier molecular flexibility index (Phi) is 3.18. The van der Waals surface area contributed by atoms with Gasteiger partial charge in [0.2, 0.25) is 10.0 Å². The van der Waals surface area contributed by atoms with E-state index in [0.717, 1.165) is 18.4 Å². The smallest absolute Gasteiger partial charge is 0.336 e. The Labute approximate surface area is 92.0 Å². The van der Waals surface area contributed by atoms with Gasteiger partial charge in [0, 0.05) is 5.56 Å². The van der Waals surface area contributed by atoms with E-state index in [2.05, 4.69) is 0 Å². The van der Waals surface area contributed by atoms with Gasteiger partial charge in [-0.25, -0.2) is 17.6 Å².